The van der Waals surface area contributed by atoms with Gasteiger partial charge in [-0.1, -0.05) is 0 Å². The quantitative estimate of drug-likeness (QED) is 0.429. The van der Waals surface area contributed by atoms with Crippen molar-refractivity contribution < 1.29 is 40.3 Å². The third kappa shape index (κ3) is 6.00. The normalized spacial score (nSPS) is 12.8. The SMILES string of the molecule is CC(NC(=O)c1cc(OC(F)(F)C(F)F)cc(C(F)(F)F)c1)c1nc(Cl)nn1-c1ccc(C#N)cn1. The maximum Gasteiger partial charge on any atom is 0.461 e. The molecule has 1 atom stereocenters. The van der Waals surface area contributed by atoms with E-state index in [1.165, 1.54) is 25.3 Å². The number of hydrogen-bond acceptors (Lipinski definition) is 6. The molecule has 1 aromatic carbocycles. The molecule has 0 aliphatic rings. The number of nitrogens with one attached hydrogen (secondary N) is 1. The van der Waals surface area contributed by atoms with Gasteiger partial charge in [0.1, 0.15) is 11.8 Å². The molecule has 8 nitrogen and oxygen atoms in total. The minimum atomic E-state index is -5.12. The van der Waals surface area contributed by atoms with Crippen LogP contribution in [0.2, 0.25) is 5.28 Å². The summed E-state index contributed by atoms with van der Waals surface area (Å²) in [7, 11) is 0. The molecule has 0 saturated carbocycles. The number of carbonyl (C=O) groups is 1. The predicted octanol–water partition coefficient (Wildman–Crippen LogP) is 4.93. The van der Waals surface area contributed by atoms with Gasteiger partial charge in [-0.3, -0.25) is 4.79 Å². The van der Waals surface area contributed by atoms with Crippen LogP contribution >= 0.6 is 11.6 Å². The molecule has 0 aliphatic heterocycles. The summed E-state index contributed by atoms with van der Waals surface area (Å²) in [4.78, 5) is 20.6. The maximum atomic E-state index is 13.3. The third-order valence-electron chi connectivity index (χ3n) is 4.44. The highest BCUT2D eigenvalue weighted by atomic mass is 35.5. The van der Waals surface area contributed by atoms with Gasteiger partial charge in [0.2, 0.25) is 5.28 Å². The molecule has 1 unspecified atom stereocenters. The standard InChI is InChI=1S/C20H12ClF7N6O2/c1-9(15-32-18(21)33-34(15)14-3-2-10(7-29)8-30-14)31-16(35)11-4-12(19(24,25)26)6-13(5-11)36-20(27,28)17(22)23/h2-6,8-9,17H,1H3,(H,31,35). The van der Waals surface area contributed by atoms with Crippen molar-refractivity contribution in [1.82, 2.24) is 25.1 Å². The summed E-state index contributed by atoms with van der Waals surface area (Å²) in [5.41, 5.74) is -2.17. The van der Waals surface area contributed by atoms with Gasteiger partial charge in [0, 0.05) is 11.8 Å². The van der Waals surface area contributed by atoms with E-state index in [1.807, 2.05) is 6.07 Å². The Morgan fingerprint density at radius 1 is 1.19 bits per heavy atom. The molecule has 16 heteroatoms. The number of rotatable bonds is 7. The lowest BCUT2D eigenvalue weighted by atomic mass is 10.1. The van der Waals surface area contributed by atoms with E-state index in [0.29, 0.717) is 12.1 Å². The van der Waals surface area contributed by atoms with Gasteiger partial charge >= 0.3 is 18.7 Å². The molecule has 0 radical (unpaired) electrons. The van der Waals surface area contributed by atoms with Crippen LogP contribution in [0.4, 0.5) is 30.7 Å². The van der Waals surface area contributed by atoms with Gasteiger partial charge in [-0.25, -0.2) is 4.98 Å². The van der Waals surface area contributed by atoms with Crippen molar-refractivity contribution in [1.29, 1.82) is 5.26 Å². The highest BCUT2D eigenvalue weighted by molar-refractivity contribution is 6.28. The molecule has 3 rings (SSSR count). The van der Waals surface area contributed by atoms with Crippen molar-refractivity contribution in [2.45, 2.75) is 31.7 Å². The molecule has 0 aliphatic carbocycles. The van der Waals surface area contributed by atoms with Gasteiger partial charge in [-0.2, -0.15) is 45.7 Å². The van der Waals surface area contributed by atoms with Crippen molar-refractivity contribution in [2.24, 2.45) is 0 Å². The zero-order valence-corrected chi connectivity index (χ0v) is 18.5. The van der Waals surface area contributed by atoms with Crippen molar-refractivity contribution in [3.8, 4) is 17.6 Å². The Labute approximate surface area is 202 Å². The van der Waals surface area contributed by atoms with Gasteiger partial charge in [0.15, 0.2) is 11.6 Å². The van der Waals surface area contributed by atoms with Crippen LogP contribution in [-0.2, 0) is 6.18 Å². The second kappa shape index (κ2) is 9.97. The van der Waals surface area contributed by atoms with E-state index < -0.39 is 47.5 Å². The number of halogens is 8. The summed E-state index contributed by atoms with van der Waals surface area (Å²) < 4.78 is 96.0. The fraction of sp³-hybridized carbons (Fsp3) is 0.250. The average Bonchev–Trinajstić information content (AvgIpc) is 3.19. The molecular weight excluding hydrogens is 525 g/mol. The van der Waals surface area contributed by atoms with E-state index in [1.54, 1.807) is 0 Å². The fourth-order valence-electron chi connectivity index (χ4n) is 2.82. The highest BCUT2D eigenvalue weighted by Gasteiger charge is 2.44. The van der Waals surface area contributed by atoms with Crippen molar-refractivity contribution >= 4 is 17.5 Å². The number of pyridine rings is 1. The van der Waals surface area contributed by atoms with E-state index in [-0.39, 0.29) is 28.6 Å². The number of benzene rings is 1. The number of aromatic nitrogens is 4. The van der Waals surface area contributed by atoms with Gasteiger partial charge in [0.05, 0.1) is 17.2 Å². The third-order valence-corrected chi connectivity index (χ3v) is 4.60. The lowest BCUT2D eigenvalue weighted by Crippen LogP contribution is -2.34. The minimum Gasteiger partial charge on any atom is -0.428 e. The van der Waals surface area contributed by atoms with Crippen LogP contribution in [0, 0.1) is 11.3 Å². The van der Waals surface area contributed by atoms with Crippen molar-refractivity contribution in [3.63, 3.8) is 0 Å². The first kappa shape index (κ1) is 26.7. The molecule has 0 saturated heterocycles. The number of nitriles is 1. The van der Waals surface area contributed by atoms with E-state index in [9.17, 15) is 35.5 Å². The number of nitrogens with zero attached hydrogens (tertiary/aromatic N) is 5. The summed E-state index contributed by atoms with van der Waals surface area (Å²) >= 11 is 5.84. The van der Waals surface area contributed by atoms with Crippen LogP contribution < -0.4 is 10.1 Å². The Kier molecular flexibility index (Phi) is 7.39. The predicted molar refractivity (Wildman–Crippen MR) is 108 cm³/mol. The second-order valence-corrected chi connectivity index (χ2v) is 7.41. The minimum absolute atomic E-state index is 0.0294. The van der Waals surface area contributed by atoms with Gasteiger partial charge < -0.3 is 10.1 Å². The molecule has 1 amide bonds. The first-order chi connectivity index (χ1) is 16.7. The van der Waals surface area contributed by atoms with Crippen LogP contribution in [0.1, 0.15) is 40.3 Å². The number of amides is 1. The molecule has 0 fully saturated rings. The zero-order valence-electron chi connectivity index (χ0n) is 17.7. The van der Waals surface area contributed by atoms with E-state index in [2.05, 4.69) is 25.1 Å². The Morgan fingerprint density at radius 2 is 1.89 bits per heavy atom. The fourth-order valence-corrected chi connectivity index (χ4v) is 2.99. The smallest absolute Gasteiger partial charge is 0.428 e. The zero-order chi connectivity index (χ0) is 26.8. The van der Waals surface area contributed by atoms with Crippen LogP contribution in [0.5, 0.6) is 5.75 Å². The summed E-state index contributed by atoms with van der Waals surface area (Å²) in [5.74, 6) is -2.41. The van der Waals surface area contributed by atoms with Crippen molar-refractivity contribution in [3.05, 3.63) is 64.3 Å². The number of ether oxygens (including phenoxy) is 1. The molecule has 0 bridgehead atoms. The molecule has 2 heterocycles. The summed E-state index contributed by atoms with van der Waals surface area (Å²) in [6.45, 7) is 1.36. The van der Waals surface area contributed by atoms with E-state index in [0.717, 1.165) is 4.68 Å². The van der Waals surface area contributed by atoms with Crippen LogP contribution in [-0.4, -0.2) is 38.2 Å². The Bertz CT molecular complexity index is 1310. The molecule has 1 N–H and O–H groups in total. The lowest BCUT2D eigenvalue weighted by molar-refractivity contribution is -0.253. The molecular formula is C20H12ClF7N6O2. The largest absolute Gasteiger partial charge is 0.461 e. The second-order valence-electron chi connectivity index (χ2n) is 7.07. The molecule has 3 aromatic rings. The Morgan fingerprint density at radius 3 is 2.44 bits per heavy atom. The highest BCUT2D eigenvalue weighted by Crippen LogP contribution is 2.35. The summed E-state index contributed by atoms with van der Waals surface area (Å²) in [6, 6.07) is 4.41. The van der Waals surface area contributed by atoms with Gasteiger partial charge in [-0.05, 0) is 48.9 Å². The van der Waals surface area contributed by atoms with Crippen LogP contribution in [0.25, 0.3) is 5.82 Å². The molecule has 2 aromatic heterocycles. The van der Waals surface area contributed by atoms with Gasteiger partial charge in [-0.15, -0.1) is 5.10 Å². The average molecular weight is 537 g/mol. The lowest BCUT2D eigenvalue weighted by Gasteiger charge is -2.19. The van der Waals surface area contributed by atoms with Crippen molar-refractivity contribution in [2.75, 3.05) is 0 Å². The molecule has 36 heavy (non-hydrogen) atoms. The van der Waals surface area contributed by atoms with E-state index in [4.69, 9.17) is 16.9 Å². The Balaban J connectivity index is 1.92. The van der Waals surface area contributed by atoms with Gasteiger partial charge in [0.25, 0.3) is 5.91 Å². The van der Waals surface area contributed by atoms with Crippen LogP contribution in [0.3, 0.4) is 0 Å². The molecule has 190 valence electrons. The van der Waals surface area contributed by atoms with E-state index >= 15 is 0 Å². The monoisotopic (exact) mass is 536 g/mol. The number of hydrogen-bond donors (Lipinski definition) is 1. The summed E-state index contributed by atoms with van der Waals surface area (Å²) in [6.07, 6.45) is -13.3. The first-order valence-electron chi connectivity index (χ1n) is 9.58. The topological polar surface area (TPSA) is 106 Å². The number of alkyl halides is 7. The maximum absolute atomic E-state index is 13.3. The Hall–Kier alpha value is -3.93. The summed E-state index contributed by atoms with van der Waals surface area (Å²) in [5, 5.41) is 14.8. The number of carbonyl (C=O) groups excluding carboxylic acids is 1. The van der Waals surface area contributed by atoms with Crippen LogP contribution in [0.15, 0.2) is 36.5 Å². The molecule has 0 spiro atoms. The first-order valence-corrected chi connectivity index (χ1v) is 9.96.